The second-order valence-electron chi connectivity index (χ2n) is 7.10. The smallest absolute Gasteiger partial charge is 0.238 e. The summed E-state index contributed by atoms with van der Waals surface area (Å²) in [6.07, 6.45) is 5.62. The normalized spacial score (nSPS) is 40.9. The predicted octanol–water partition coefficient (Wildman–Crippen LogP) is 3.32. The average Bonchev–Trinajstić information content (AvgIpc) is 3.28. The van der Waals surface area contributed by atoms with Crippen molar-refractivity contribution in [1.82, 2.24) is 0 Å². The maximum atomic E-state index is 13.0. The van der Waals surface area contributed by atoms with Gasteiger partial charge in [0.25, 0.3) is 0 Å². The summed E-state index contributed by atoms with van der Waals surface area (Å²) in [5, 5.41) is 0. The van der Waals surface area contributed by atoms with Crippen LogP contribution in [0.15, 0.2) is 34.8 Å². The quantitative estimate of drug-likeness (QED) is 0.571. The summed E-state index contributed by atoms with van der Waals surface area (Å²) in [4.78, 5) is 27.4. The van der Waals surface area contributed by atoms with E-state index in [1.54, 1.807) is 0 Å². The fourth-order valence-corrected chi connectivity index (χ4v) is 5.30. The first kappa shape index (κ1) is 13.1. The number of amides is 2. The van der Waals surface area contributed by atoms with Crippen LogP contribution in [0.25, 0.3) is 0 Å². The summed E-state index contributed by atoms with van der Waals surface area (Å²) in [5.74, 6) is 1.66. The summed E-state index contributed by atoms with van der Waals surface area (Å²) < 4.78 is 0.935. The van der Waals surface area contributed by atoms with Gasteiger partial charge in [-0.15, -0.1) is 0 Å². The maximum Gasteiger partial charge on any atom is 0.238 e. The Morgan fingerprint density at radius 1 is 1.05 bits per heavy atom. The average molecular weight is 358 g/mol. The standard InChI is InChI=1S/C18H16BrNO2/c1-8-2-3-9(6-14(8)19)20-17(21)15-10-4-5-11(13-7-12(10)13)16(15)18(20)22/h2-6,10-13,15-16H,7H2,1H3/t10-,11-,12-,13+,15+,16+/m0/s1. The number of aryl methyl sites for hydroxylation is 1. The molecular weight excluding hydrogens is 342 g/mol. The lowest BCUT2D eigenvalue weighted by atomic mass is 9.63. The monoisotopic (exact) mass is 357 g/mol. The molecule has 1 aromatic rings. The van der Waals surface area contributed by atoms with Crippen LogP contribution in [0.3, 0.4) is 0 Å². The zero-order valence-corrected chi connectivity index (χ0v) is 13.8. The van der Waals surface area contributed by atoms with Crippen molar-refractivity contribution in [2.24, 2.45) is 35.5 Å². The number of anilines is 1. The highest BCUT2D eigenvalue weighted by Crippen LogP contribution is 2.65. The van der Waals surface area contributed by atoms with Gasteiger partial charge in [-0.2, -0.15) is 0 Å². The largest absolute Gasteiger partial charge is 0.274 e. The predicted molar refractivity (Wildman–Crippen MR) is 86.1 cm³/mol. The molecular formula is C18H16BrNO2. The SMILES string of the molecule is Cc1ccc(N2C(=O)[C@@H]3[C@H]4C=C[C@@H]([C@@H]5C[C@H]45)[C@H]3C2=O)cc1Br. The second kappa shape index (κ2) is 4.10. The summed E-state index contributed by atoms with van der Waals surface area (Å²) in [7, 11) is 0. The van der Waals surface area contributed by atoms with E-state index in [9.17, 15) is 9.59 Å². The van der Waals surface area contributed by atoms with Crippen LogP contribution in [0.4, 0.5) is 5.69 Å². The lowest BCUT2D eigenvalue weighted by molar-refractivity contribution is -0.124. The Kier molecular flexibility index (Phi) is 2.44. The van der Waals surface area contributed by atoms with E-state index < -0.39 is 0 Å². The van der Waals surface area contributed by atoms with E-state index in [1.165, 1.54) is 11.3 Å². The minimum absolute atomic E-state index is 0.00968. The summed E-state index contributed by atoms with van der Waals surface area (Å²) in [5.41, 5.74) is 1.80. The highest BCUT2D eigenvalue weighted by molar-refractivity contribution is 9.10. The van der Waals surface area contributed by atoms with Crippen molar-refractivity contribution < 1.29 is 9.59 Å². The van der Waals surface area contributed by atoms with Gasteiger partial charge in [-0.3, -0.25) is 9.59 Å². The van der Waals surface area contributed by atoms with Gasteiger partial charge in [0.1, 0.15) is 0 Å². The van der Waals surface area contributed by atoms with Crippen molar-refractivity contribution in [1.29, 1.82) is 0 Å². The Bertz CT molecular complexity index is 719. The summed E-state index contributed by atoms with van der Waals surface area (Å²) >= 11 is 3.50. The molecule has 4 aliphatic carbocycles. The van der Waals surface area contributed by atoms with Gasteiger partial charge in [-0.25, -0.2) is 4.90 Å². The number of hydrogen-bond donors (Lipinski definition) is 0. The Labute approximate surface area is 137 Å². The third-order valence-electron chi connectivity index (χ3n) is 6.08. The number of carbonyl (C=O) groups is 2. The number of carbonyl (C=O) groups excluding carboxylic acids is 2. The molecule has 1 heterocycles. The van der Waals surface area contributed by atoms with Crippen LogP contribution in [-0.4, -0.2) is 11.8 Å². The first-order chi connectivity index (χ1) is 10.6. The molecule has 3 fully saturated rings. The summed E-state index contributed by atoms with van der Waals surface area (Å²) in [6.45, 7) is 2.00. The summed E-state index contributed by atoms with van der Waals surface area (Å²) in [6, 6.07) is 5.72. The van der Waals surface area contributed by atoms with Gasteiger partial charge in [-0.05, 0) is 54.7 Å². The molecule has 2 saturated carbocycles. The van der Waals surface area contributed by atoms with E-state index in [-0.39, 0.29) is 35.5 Å². The van der Waals surface area contributed by atoms with Crippen LogP contribution in [0, 0.1) is 42.4 Å². The first-order valence-electron chi connectivity index (χ1n) is 7.90. The van der Waals surface area contributed by atoms with E-state index in [0.717, 1.165) is 10.0 Å². The van der Waals surface area contributed by atoms with Crippen molar-refractivity contribution >= 4 is 33.4 Å². The van der Waals surface area contributed by atoms with Gasteiger partial charge in [-0.1, -0.05) is 34.1 Å². The van der Waals surface area contributed by atoms with Crippen LogP contribution >= 0.6 is 15.9 Å². The van der Waals surface area contributed by atoms with Gasteiger partial charge in [0.15, 0.2) is 0 Å². The topological polar surface area (TPSA) is 37.4 Å². The number of halogens is 1. The molecule has 3 nitrogen and oxygen atoms in total. The number of nitrogens with zero attached hydrogens (tertiary/aromatic N) is 1. The molecule has 5 aliphatic rings. The lowest BCUT2D eigenvalue weighted by Crippen LogP contribution is -2.40. The number of benzene rings is 1. The fourth-order valence-electron chi connectivity index (χ4n) is 4.93. The number of allylic oxidation sites excluding steroid dienone is 2. The maximum absolute atomic E-state index is 13.0. The second-order valence-corrected chi connectivity index (χ2v) is 7.95. The minimum Gasteiger partial charge on any atom is -0.274 e. The van der Waals surface area contributed by atoms with Crippen LogP contribution in [0.1, 0.15) is 12.0 Å². The highest BCUT2D eigenvalue weighted by atomic mass is 79.9. The van der Waals surface area contributed by atoms with Crippen LogP contribution in [0.5, 0.6) is 0 Å². The van der Waals surface area contributed by atoms with Crippen molar-refractivity contribution in [3.8, 4) is 0 Å². The zero-order chi connectivity index (χ0) is 15.2. The Hall–Kier alpha value is -1.42. The molecule has 4 heteroatoms. The molecule has 0 spiro atoms. The van der Waals surface area contributed by atoms with Gasteiger partial charge in [0.05, 0.1) is 17.5 Å². The number of imide groups is 1. The van der Waals surface area contributed by atoms with E-state index in [4.69, 9.17) is 0 Å². The van der Waals surface area contributed by atoms with E-state index >= 15 is 0 Å². The molecule has 2 bridgehead atoms. The van der Waals surface area contributed by atoms with Gasteiger partial charge in [0.2, 0.25) is 11.8 Å². The molecule has 0 N–H and O–H groups in total. The van der Waals surface area contributed by atoms with Crippen molar-refractivity contribution in [3.63, 3.8) is 0 Å². The molecule has 1 aromatic carbocycles. The zero-order valence-electron chi connectivity index (χ0n) is 12.2. The molecule has 6 rings (SSSR count). The van der Waals surface area contributed by atoms with Crippen LogP contribution < -0.4 is 4.90 Å². The molecule has 0 aromatic heterocycles. The molecule has 1 aliphatic heterocycles. The Morgan fingerprint density at radius 2 is 1.64 bits per heavy atom. The van der Waals surface area contributed by atoms with E-state index in [0.29, 0.717) is 17.5 Å². The van der Waals surface area contributed by atoms with Crippen molar-refractivity contribution in [2.75, 3.05) is 4.90 Å². The minimum atomic E-state index is -0.119. The molecule has 0 radical (unpaired) electrons. The van der Waals surface area contributed by atoms with Crippen LogP contribution in [0.2, 0.25) is 0 Å². The first-order valence-corrected chi connectivity index (χ1v) is 8.69. The third-order valence-corrected chi connectivity index (χ3v) is 6.93. The molecule has 112 valence electrons. The molecule has 22 heavy (non-hydrogen) atoms. The highest BCUT2D eigenvalue weighted by Gasteiger charge is 2.67. The van der Waals surface area contributed by atoms with Crippen molar-refractivity contribution in [3.05, 3.63) is 40.4 Å². The third kappa shape index (κ3) is 1.47. The molecule has 1 saturated heterocycles. The Balaban J connectivity index is 1.58. The van der Waals surface area contributed by atoms with Crippen molar-refractivity contribution in [2.45, 2.75) is 13.3 Å². The van der Waals surface area contributed by atoms with E-state index in [2.05, 4.69) is 28.1 Å². The van der Waals surface area contributed by atoms with E-state index in [1.807, 2.05) is 25.1 Å². The molecule has 2 amide bonds. The molecule has 6 atom stereocenters. The fraction of sp³-hybridized carbons (Fsp3) is 0.444. The van der Waals surface area contributed by atoms with Gasteiger partial charge >= 0.3 is 0 Å². The number of rotatable bonds is 1. The number of hydrogen-bond acceptors (Lipinski definition) is 2. The lowest BCUT2D eigenvalue weighted by Gasteiger charge is -2.37. The van der Waals surface area contributed by atoms with Gasteiger partial charge in [0, 0.05) is 4.47 Å². The van der Waals surface area contributed by atoms with Gasteiger partial charge < -0.3 is 0 Å². The van der Waals surface area contributed by atoms with Crippen LogP contribution in [-0.2, 0) is 9.59 Å². The Morgan fingerprint density at radius 3 is 2.18 bits per heavy atom. The molecule has 0 unspecified atom stereocenters.